The molecule has 0 aromatic rings. The number of nitrogens with zero attached hydrogens (tertiary/aromatic N) is 1. The van der Waals surface area contributed by atoms with Crippen LogP contribution >= 0.6 is 0 Å². The molecule has 1 saturated heterocycles. The predicted octanol–water partition coefficient (Wildman–Crippen LogP) is 1.37. The Morgan fingerprint density at radius 2 is 1.83 bits per heavy atom. The van der Waals surface area contributed by atoms with Gasteiger partial charge >= 0.3 is 0 Å². The molecule has 23 heavy (non-hydrogen) atoms. The molecule has 2 fully saturated rings. The zero-order valence-corrected chi connectivity index (χ0v) is 15.1. The highest BCUT2D eigenvalue weighted by Crippen LogP contribution is 2.26. The Morgan fingerprint density at radius 1 is 1.17 bits per heavy atom. The molecule has 0 unspecified atom stereocenters. The van der Waals surface area contributed by atoms with Crippen molar-refractivity contribution in [3.63, 3.8) is 0 Å². The van der Waals surface area contributed by atoms with Crippen LogP contribution < -0.4 is 5.32 Å². The second kappa shape index (κ2) is 8.44. The van der Waals surface area contributed by atoms with Crippen LogP contribution in [0.2, 0.25) is 0 Å². The van der Waals surface area contributed by atoms with Gasteiger partial charge in [-0.3, -0.25) is 4.79 Å². The fourth-order valence-corrected chi connectivity index (χ4v) is 4.38. The van der Waals surface area contributed by atoms with Crippen LogP contribution in [-0.2, 0) is 19.6 Å². The van der Waals surface area contributed by atoms with Gasteiger partial charge in [0.1, 0.15) is 0 Å². The van der Waals surface area contributed by atoms with Crippen molar-refractivity contribution in [3.05, 3.63) is 0 Å². The molecular weight excluding hydrogens is 316 g/mol. The van der Waals surface area contributed by atoms with Gasteiger partial charge in [0.2, 0.25) is 15.9 Å². The molecule has 0 spiro atoms. The highest BCUT2D eigenvalue weighted by Gasteiger charge is 2.28. The van der Waals surface area contributed by atoms with Crippen molar-refractivity contribution in [1.29, 1.82) is 0 Å². The van der Waals surface area contributed by atoms with Crippen molar-refractivity contribution in [3.8, 4) is 0 Å². The third kappa shape index (κ3) is 5.72. The highest BCUT2D eigenvalue weighted by molar-refractivity contribution is 7.88. The van der Waals surface area contributed by atoms with Gasteiger partial charge in [0.05, 0.1) is 19.0 Å². The number of ether oxygens (including phenoxy) is 1. The molecule has 6 nitrogen and oxygen atoms in total. The molecule has 2 atom stereocenters. The molecule has 0 radical (unpaired) electrons. The molecule has 1 N–H and O–H groups in total. The largest absolute Gasteiger partial charge is 0.376 e. The van der Waals surface area contributed by atoms with E-state index in [1.54, 1.807) is 0 Å². The van der Waals surface area contributed by atoms with Crippen molar-refractivity contribution in [2.45, 2.75) is 51.6 Å². The van der Waals surface area contributed by atoms with E-state index in [1.165, 1.54) is 29.8 Å². The number of amides is 1. The summed E-state index contributed by atoms with van der Waals surface area (Å²) in [4.78, 5) is 12.1. The molecular formula is C16H30N2O4S. The number of hydrogen-bond donors (Lipinski definition) is 1. The normalized spacial score (nSPS) is 27.7. The maximum atomic E-state index is 12.1. The van der Waals surface area contributed by atoms with E-state index < -0.39 is 10.0 Å². The highest BCUT2D eigenvalue weighted by atomic mass is 32.2. The van der Waals surface area contributed by atoms with Gasteiger partial charge < -0.3 is 10.1 Å². The molecule has 134 valence electrons. The van der Waals surface area contributed by atoms with Gasteiger partial charge in [0, 0.05) is 25.6 Å². The Labute approximate surface area is 140 Å². The quantitative estimate of drug-likeness (QED) is 0.737. The second-order valence-electron chi connectivity index (χ2n) is 6.90. The van der Waals surface area contributed by atoms with Crippen LogP contribution in [0.4, 0.5) is 0 Å². The minimum atomic E-state index is -3.13. The standard InChI is InChI=1S/C16H30N2O4S/c1-13-5-3-4-6-15(13)22-12-9-17-16(19)14-7-10-18(11-8-14)23(2,20)21/h13-15H,3-12H2,1-2H3,(H,17,19)/t13-,15-/m0/s1. The van der Waals surface area contributed by atoms with Crippen LogP contribution in [0.15, 0.2) is 0 Å². The summed E-state index contributed by atoms with van der Waals surface area (Å²) in [6.45, 7) is 4.20. The van der Waals surface area contributed by atoms with Gasteiger partial charge in [0.25, 0.3) is 0 Å². The fraction of sp³-hybridized carbons (Fsp3) is 0.938. The van der Waals surface area contributed by atoms with Crippen LogP contribution in [-0.4, -0.2) is 57.2 Å². The number of hydrogen-bond acceptors (Lipinski definition) is 4. The molecule has 1 amide bonds. The van der Waals surface area contributed by atoms with E-state index in [9.17, 15) is 13.2 Å². The Morgan fingerprint density at radius 3 is 2.43 bits per heavy atom. The Hall–Kier alpha value is -0.660. The third-order valence-corrected chi connectivity index (χ3v) is 6.36. The van der Waals surface area contributed by atoms with Crippen LogP contribution in [0, 0.1) is 11.8 Å². The Balaban J connectivity index is 1.62. The Kier molecular flexibility index (Phi) is 6.85. The lowest BCUT2D eigenvalue weighted by atomic mass is 9.88. The summed E-state index contributed by atoms with van der Waals surface area (Å²) >= 11 is 0. The van der Waals surface area contributed by atoms with E-state index in [4.69, 9.17) is 4.74 Å². The first-order valence-electron chi connectivity index (χ1n) is 8.72. The summed E-state index contributed by atoms with van der Waals surface area (Å²) in [6.07, 6.45) is 7.63. The molecule has 1 aliphatic heterocycles. The molecule has 1 saturated carbocycles. The van der Waals surface area contributed by atoms with Gasteiger partial charge in [-0.05, 0) is 31.6 Å². The van der Waals surface area contributed by atoms with Gasteiger partial charge in [-0.15, -0.1) is 0 Å². The SMILES string of the molecule is C[C@H]1CCCC[C@@H]1OCCNC(=O)C1CCN(S(C)(=O)=O)CC1. The van der Waals surface area contributed by atoms with Crippen LogP contribution in [0.3, 0.4) is 0 Å². The minimum Gasteiger partial charge on any atom is -0.376 e. The van der Waals surface area contributed by atoms with Crippen LogP contribution in [0.25, 0.3) is 0 Å². The molecule has 2 rings (SSSR count). The van der Waals surface area contributed by atoms with Crippen LogP contribution in [0.1, 0.15) is 45.4 Å². The average molecular weight is 346 g/mol. The molecule has 0 bridgehead atoms. The monoisotopic (exact) mass is 346 g/mol. The number of sulfonamides is 1. The lowest BCUT2D eigenvalue weighted by Crippen LogP contribution is -2.43. The van der Waals surface area contributed by atoms with E-state index in [0.29, 0.717) is 51.1 Å². The zero-order valence-electron chi connectivity index (χ0n) is 14.3. The first-order chi connectivity index (χ1) is 10.9. The minimum absolute atomic E-state index is 0.0263. The number of rotatable bonds is 6. The molecule has 2 aliphatic rings. The van der Waals surface area contributed by atoms with Crippen LogP contribution in [0.5, 0.6) is 0 Å². The smallest absolute Gasteiger partial charge is 0.223 e. The number of carbonyl (C=O) groups excluding carboxylic acids is 1. The van der Waals surface area contributed by atoms with E-state index in [2.05, 4.69) is 12.2 Å². The molecule has 1 aliphatic carbocycles. The fourth-order valence-electron chi connectivity index (χ4n) is 3.51. The summed E-state index contributed by atoms with van der Waals surface area (Å²) in [5.41, 5.74) is 0. The second-order valence-corrected chi connectivity index (χ2v) is 8.88. The number of piperidine rings is 1. The maximum absolute atomic E-state index is 12.1. The molecule has 7 heteroatoms. The summed E-state index contributed by atoms with van der Waals surface area (Å²) in [5.74, 6) is 0.555. The summed E-state index contributed by atoms with van der Waals surface area (Å²) in [7, 11) is -3.13. The van der Waals surface area contributed by atoms with Gasteiger partial charge in [0.15, 0.2) is 0 Å². The van der Waals surface area contributed by atoms with E-state index in [-0.39, 0.29) is 11.8 Å². The van der Waals surface area contributed by atoms with E-state index in [1.807, 2.05) is 0 Å². The molecule has 1 heterocycles. The van der Waals surface area contributed by atoms with Crippen molar-refractivity contribution >= 4 is 15.9 Å². The van der Waals surface area contributed by atoms with E-state index in [0.717, 1.165) is 6.42 Å². The first kappa shape index (κ1) is 18.7. The van der Waals surface area contributed by atoms with Crippen molar-refractivity contribution in [2.75, 3.05) is 32.5 Å². The predicted molar refractivity (Wildman–Crippen MR) is 89.5 cm³/mol. The summed E-state index contributed by atoms with van der Waals surface area (Å²) < 4.78 is 30.3. The first-order valence-corrected chi connectivity index (χ1v) is 10.6. The Bertz CT molecular complexity index is 486. The lowest BCUT2D eigenvalue weighted by molar-refractivity contribution is -0.126. The summed E-state index contributed by atoms with van der Waals surface area (Å²) in [6, 6.07) is 0. The van der Waals surface area contributed by atoms with Crippen molar-refractivity contribution < 1.29 is 17.9 Å². The average Bonchev–Trinajstić information content (AvgIpc) is 2.52. The van der Waals surface area contributed by atoms with E-state index >= 15 is 0 Å². The van der Waals surface area contributed by atoms with Gasteiger partial charge in [-0.2, -0.15) is 0 Å². The topological polar surface area (TPSA) is 75.7 Å². The molecule has 0 aromatic heterocycles. The van der Waals surface area contributed by atoms with Crippen molar-refractivity contribution in [2.24, 2.45) is 11.8 Å². The van der Waals surface area contributed by atoms with Gasteiger partial charge in [-0.25, -0.2) is 12.7 Å². The summed E-state index contributed by atoms with van der Waals surface area (Å²) in [5, 5.41) is 2.93. The van der Waals surface area contributed by atoms with Gasteiger partial charge in [-0.1, -0.05) is 19.8 Å². The molecule has 0 aromatic carbocycles. The van der Waals surface area contributed by atoms with Crippen molar-refractivity contribution in [1.82, 2.24) is 9.62 Å². The number of carbonyl (C=O) groups is 1. The third-order valence-electron chi connectivity index (χ3n) is 5.06. The number of nitrogens with one attached hydrogen (secondary N) is 1. The zero-order chi connectivity index (χ0) is 16.9. The lowest BCUT2D eigenvalue weighted by Gasteiger charge is -2.30. The maximum Gasteiger partial charge on any atom is 0.223 e.